The summed E-state index contributed by atoms with van der Waals surface area (Å²) in [5, 5.41) is 0. The van der Waals surface area contributed by atoms with Gasteiger partial charge in [-0.05, 0) is 60.4 Å². The molecule has 0 atom stereocenters. The average Bonchev–Trinajstić information content (AvgIpc) is 2.85. The molecule has 34 heavy (non-hydrogen) atoms. The van der Waals surface area contributed by atoms with Crippen molar-refractivity contribution in [2.24, 2.45) is 5.73 Å². The number of nitrogens with two attached hydrogens (primary N) is 1. The molecule has 6 nitrogen and oxygen atoms in total. The molecule has 0 spiro atoms. The van der Waals surface area contributed by atoms with Crippen molar-refractivity contribution in [2.75, 3.05) is 31.2 Å². The van der Waals surface area contributed by atoms with Gasteiger partial charge in [0.15, 0.2) is 0 Å². The SMILES string of the molecule is CC(C)(c1ccc(Oc2ccc(N3CCOCC3)nc2)cc1)c1ccc(OC2CC(N)C2)cc1. The van der Waals surface area contributed by atoms with Gasteiger partial charge in [-0.3, -0.25) is 0 Å². The first-order valence-electron chi connectivity index (χ1n) is 12.1. The molecule has 6 heteroatoms. The molecule has 1 saturated carbocycles. The summed E-state index contributed by atoms with van der Waals surface area (Å²) in [5.41, 5.74) is 8.18. The molecule has 0 unspecified atom stereocenters. The molecular formula is C28H33N3O3. The number of aromatic nitrogens is 1. The van der Waals surface area contributed by atoms with Gasteiger partial charge in [0.1, 0.15) is 29.2 Å². The molecule has 0 bridgehead atoms. The minimum absolute atomic E-state index is 0.142. The third-order valence-electron chi connectivity index (χ3n) is 6.88. The summed E-state index contributed by atoms with van der Waals surface area (Å²) in [5.74, 6) is 3.39. The van der Waals surface area contributed by atoms with Gasteiger partial charge in [0.05, 0.1) is 19.4 Å². The van der Waals surface area contributed by atoms with Crippen molar-refractivity contribution in [1.29, 1.82) is 0 Å². The van der Waals surface area contributed by atoms with Crippen LogP contribution in [0.3, 0.4) is 0 Å². The smallest absolute Gasteiger partial charge is 0.145 e. The van der Waals surface area contributed by atoms with E-state index < -0.39 is 0 Å². The number of anilines is 1. The van der Waals surface area contributed by atoms with Gasteiger partial charge >= 0.3 is 0 Å². The molecular weight excluding hydrogens is 426 g/mol. The van der Waals surface area contributed by atoms with E-state index in [9.17, 15) is 0 Å². The van der Waals surface area contributed by atoms with Crippen molar-refractivity contribution in [3.63, 3.8) is 0 Å². The van der Waals surface area contributed by atoms with E-state index in [1.54, 1.807) is 6.20 Å². The van der Waals surface area contributed by atoms with Crippen LogP contribution in [0.4, 0.5) is 5.82 Å². The number of hydrogen-bond acceptors (Lipinski definition) is 6. The molecule has 0 radical (unpaired) electrons. The molecule has 0 amide bonds. The van der Waals surface area contributed by atoms with Gasteiger partial charge in [0.2, 0.25) is 0 Å². The molecule has 2 N–H and O–H groups in total. The zero-order chi connectivity index (χ0) is 23.5. The Balaban J connectivity index is 1.21. The molecule has 2 aliphatic rings. The first kappa shape index (κ1) is 22.7. The van der Waals surface area contributed by atoms with Crippen LogP contribution in [0.5, 0.6) is 17.2 Å². The maximum absolute atomic E-state index is 6.04. The van der Waals surface area contributed by atoms with Crippen LogP contribution in [0.1, 0.15) is 37.8 Å². The lowest BCUT2D eigenvalue weighted by Crippen LogP contribution is -2.43. The van der Waals surface area contributed by atoms with Crippen molar-refractivity contribution in [3.05, 3.63) is 78.0 Å². The number of pyridine rings is 1. The quantitative estimate of drug-likeness (QED) is 0.542. The Hall–Kier alpha value is -3.09. The van der Waals surface area contributed by atoms with Gasteiger partial charge in [-0.2, -0.15) is 0 Å². The highest BCUT2D eigenvalue weighted by Gasteiger charge is 2.28. The standard InChI is InChI=1S/C28H33N3O3/c1-28(2,21-5-9-24(10-6-21)34-26-17-22(29)18-26)20-3-7-23(8-4-20)33-25-11-12-27(30-19-25)31-13-15-32-16-14-31/h3-12,19,22,26H,13-18,29H2,1-2H3. The summed E-state index contributed by atoms with van der Waals surface area (Å²) in [6.07, 6.45) is 3.92. The molecule has 1 aliphatic carbocycles. The van der Waals surface area contributed by atoms with Crippen molar-refractivity contribution >= 4 is 5.82 Å². The molecule has 1 aliphatic heterocycles. The van der Waals surface area contributed by atoms with Gasteiger partial charge in [0, 0.05) is 24.5 Å². The second-order valence-electron chi connectivity index (χ2n) is 9.70. The molecule has 5 rings (SSSR count). The highest BCUT2D eigenvalue weighted by atomic mass is 16.5. The highest BCUT2D eigenvalue weighted by Crippen LogP contribution is 2.35. The predicted molar refractivity (Wildman–Crippen MR) is 134 cm³/mol. The maximum atomic E-state index is 6.04. The van der Waals surface area contributed by atoms with Crippen LogP contribution in [0, 0.1) is 0 Å². The van der Waals surface area contributed by atoms with Crippen molar-refractivity contribution in [3.8, 4) is 17.2 Å². The normalized spacial score (nSPS) is 20.5. The van der Waals surface area contributed by atoms with Crippen LogP contribution in [0.15, 0.2) is 66.9 Å². The van der Waals surface area contributed by atoms with Crippen LogP contribution in [-0.4, -0.2) is 43.4 Å². The second kappa shape index (κ2) is 9.65. The van der Waals surface area contributed by atoms with Gasteiger partial charge < -0.3 is 24.8 Å². The number of nitrogens with zero attached hydrogens (tertiary/aromatic N) is 2. The third-order valence-corrected chi connectivity index (χ3v) is 6.88. The predicted octanol–water partition coefficient (Wildman–Crippen LogP) is 4.90. The van der Waals surface area contributed by atoms with E-state index in [2.05, 4.69) is 60.1 Å². The van der Waals surface area contributed by atoms with E-state index in [1.165, 1.54) is 11.1 Å². The van der Waals surface area contributed by atoms with Gasteiger partial charge in [0.25, 0.3) is 0 Å². The van der Waals surface area contributed by atoms with E-state index in [0.29, 0.717) is 6.04 Å². The number of rotatable bonds is 7. The Kier molecular flexibility index (Phi) is 6.44. The summed E-state index contributed by atoms with van der Waals surface area (Å²) >= 11 is 0. The van der Waals surface area contributed by atoms with Gasteiger partial charge in [-0.15, -0.1) is 0 Å². The summed E-state index contributed by atoms with van der Waals surface area (Å²) < 4.78 is 17.4. The Labute approximate surface area is 201 Å². The van der Waals surface area contributed by atoms with Crippen LogP contribution in [-0.2, 0) is 10.2 Å². The number of benzene rings is 2. The van der Waals surface area contributed by atoms with E-state index in [4.69, 9.17) is 19.9 Å². The molecule has 2 fully saturated rings. The first-order chi connectivity index (χ1) is 16.5. The summed E-state index contributed by atoms with van der Waals surface area (Å²) in [6.45, 7) is 7.70. The van der Waals surface area contributed by atoms with Crippen LogP contribution in [0.2, 0.25) is 0 Å². The molecule has 1 aromatic heterocycles. The molecule has 2 aromatic carbocycles. The summed E-state index contributed by atoms with van der Waals surface area (Å²) in [6, 6.07) is 21.0. The monoisotopic (exact) mass is 459 g/mol. The fraction of sp³-hybridized carbons (Fsp3) is 0.393. The lowest BCUT2D eigenvalue weighted by atomic mass is 9.78. The molecule has 1 saturated heterocycles. The number of hydrogen-bond donors (Lipinski definition) is 1. The molecule has 178 valence electrons. The Morgan fingerprint density at radius 3 is 2.00 bits per heavy atom. The van der Waals surface area contributed by atoms with E-state index >= 15 is 0 Å². The number of ether oxygens (including phenoxy) is 3. The van der Waals surface area contributed by atoms with Crippen molar-refractivity contribution in [2.45, 2.75) is 44.2 Å². The second-order valence-corrected chi connectivity index (χ2v) is 9.70. The van der Waals surface area contributed by atoms with Crippen molar-refractivity contribution < 1.29 is 14.2 Å². The van der Waals surface area contributed by atoms with E-state index in [-0.39, 0.29) is 11.5 Å². The van der Waals surface area contributed by atoms with Gasteiger partial charge in [-0.1, -0.05) is 38.1 Å². The van der Waals surface area contributed by atoms with Crippen molar-refractivity contribution in [1.82, 2.24) is 4.98 Å². The topological polar surface area (TPSA) is 69.8 Å². The number of morpholine rings is 1. The van der Waals surface area contributed by atoms with Crippen LogP contribution >= 0.6 is 0 Å². The minimum atomic E-state index is -0.142. The molecule has 2 heterocycles. The largest absolute Gasteiger partial charge is 0.490 e. The lowest BCUT2D eigenvalue weighted by molar-refractivity contribution is 0.101. The van der Waals surface area contributed by atoms with E-state index in [1.807, 2.05) is 24.3 Å². The fourth-order valence-corrected chi connectivity index (χ4v) is 4.50. The Bertz CT molecular complexity index is 1070. The first-order valence-corrected chi connectivity index (χ1v) is 12.1. The fourth-order valence-electron chi connectivity index (χ4n) is 4.50. The highest BCUT2D eigenvalue weighted by molar-refractivity contribution is 5.44. The zero-order valence-electron chi connectivity index (χ0n) is 19.9. The maximum Gasteiger partial charge on any atom is 0.145 e. The summed E-state index contributed by atoms with van der Waals surface area (Å²) in [4.78, 5) is 6.79. The molecule has 3 aromatic rings. The Morgan fingerprint density at radius 1 is 0.853 bits per heavy atom. The van der Waals surface area contributed by atoms with Crippen LogP contribution < -0.4 is 20.1 Å². The van der Waals surface area contributed by atoms with E-state index in [0.717, 1.165) is 62.2 Å². The van der Waals surface area contributed by atoms with Crippen LogP contribution in [0.25, 0.3) is 0 Å². The summed E-state index contributed by atoms with van der Waals surface area (Å²) in [7, 11) is 0. The average molecular weight is 460 g/mol. The van der Waals surface area contributed by atoms with Gasteiger partial charge in [-0.25, -0.2) is 4.98 Å². The Morgan fingerprint density at radius 2 is 1.44 bits per heavy atom. The lowest BCUT2D eigenvalue weighted by Gasteiger charge is -2.33. The third kappa shape index (κ3) is 5.03. The minimum Gasteiger partial charge on any atom is -0.490 e. The zero-order valence-corrected chi connectivity index (χ0v) is 19.9.